The molecule has 0 unspecified atom stereocenters. The summed E-state index contributed by atoms with van der Waals surface area (Å²) in [4.78, 5) is 0. The molecule has 0 aromatic rings. The monoisotopic (exact) mass is 354 g/mol. The predicted octanol–water partition coefficient (Wildman–Crippen LogP) is 0.0585. The van der Waals surface area contributed by atoms with Crippen molar-refractivity contribution in [1.82, 2.24) is 10.6 Å². The lowest BCUT2D eigenvalue weighted by Gasteiger charge is -2.09. The summed E-state index contributed by atoms with van der Waals surface area (Å²) >= 11 is 0. The first kappa shape index (κ1) is 22.8. The SMILES string of the molecule is CNCCOCCOCCOCCNCCCS(=O)(=O)C(C)C. The lowest BCUT2D eigenvalue weighted by molar-refractivity contribution is 0.0159. The van der Waals surface area contributed by atoms with Gasteiger partial charge < -0.3 is 24.8 Å². The highest BCUT2D eigenvalue weighted by molar-refractivity contribution is 7.91. The highest BCUT2D eigenvalue weighted by Gasteiger charge is 2.14. The van der Waals surface area contributed by atoms with Crippen molar-refractivity contribution in [3.63, 3.8) is 0 Å². The van der Waals surface area contributed by atoms with Gasteiger partial charge in [-0.25, -0.2) is 8.42 Å². The summed E-state index contributed by atoms with van der Waals surface area (Å²) < 4.78 is 39.3. The van der Waals surface area contributed by atoms with E-state index in [2.05, 4.69) is 10.6 Å². The van der Waals surface area contributed by atoms with E-state index in [0.29, 0.717) is 52.6 Å². The molecular formula is C15H34N2O5S. The molecule has 0 saturated heterocycles. The van der Waals surface area contributed by atoms with E-state index >= 15 is 0 Å². The Kier molecular flexibility index (Phi) is 15.1. The normalized spacial score (nSPS) is 12.2. The molecule has 0 aliphatic carbocycles. The molecule has 2 N–H and O–H groups in total. The molecule has 0 fully saturated rings. The summed E-state index contributed by atoms with van der Waals surface area (Å²) in [7, 11) is -1.03. The summed E-state index contributed by atoms with van der Waals surface area (Å²) in [6, 6.07) is 0. The van der Waals surface area contributed by atoms with Crippen molar-refractivity contribution >= 4 is 9.84 Å². The van der Waals surface area contributed by atoms with Crippen LogP contribution in [-0.2, 0) is 24.0 Å². The number of nitrogens with one attached hydrogen (secondary N) is 2. The fourth-order valence-electron chi connectivity index (χ4n) is 1.62. The maximum atomic E-state index is 11.6. The van der Waals surface area contributed by atoms with Crippen molar-refractivity contribution < 1.29 is 22.6 Å². The van der Waals surface area contributed by atoms with E-state index in [4.69, 9.17) is 14.2 Å². The Hall–Kier alpha value is -0.250. The highest BCUT2D eigenvalue weighted by atomic mass is 32.2. The van der Waals surface area contributed by atoms with Crippen LogP contribution in [0.1, 0.15) is 20.3 Å². The summed E-state index contributed by atoms with van der Waals surface area (Å²) in [5.41, 5.74) is 0. The van der Waals surface area contributed by atoms with Gasteiger partial charge in [0.15, 0.2) is 9.84 Å². The zero-order valence-electron chi connectivity index (χ0n) is 14.8. The maximum Gasteiger partial charge on any atom is 0.152 e. The van der Waals surface area contributed by atoms with Crippen LogP contribution < -0.4 is 10.6 Å². The third-order valence-corrected chi connectivity index (χ3v) is 5.46. The molecule has 0 bridgehead atoms. The Morgan fingerprint density at radius 2 is 1.35 bits per heavy atom. The average Bonchev–Trinajstić information content (AvgIpc) is 2.51. The minimum absolute atomic E-state index is 0.239. The van der Waals surface area contributed by atoms with E-state index in [0.717, 1.165) is 13.1 Å². The van der Waals surface area contributed by atoms with Crippen LogP contribution in [0.25, 0.3) is 0 Å². The minimum Gasteiger partial charge on any atom is -0.378 e. The van der Waals surface area contributed by atoms with Crippen LogP contribution in [0.4, 0.5) is 0 Å². The zero-order valence-corrected chi connectivity index (χ0v) is 15.6. The zero-order chi connectivity index (χ0) is 17.4. The molecule has 8 heteroatoms. The third-order valence-electron chi connectivity index (χ3n) is 3.16. The second-order valence-corrected chi connectivity index (χ2v) is 8.14. The van der Waals surface area contributed by atoms with Crippen LogP contribution in [0.15, 0.2) is 0 Å². The van der Waals surface area contributed by atoms with Gasteiger partial charge in [0.2, 0.25) is 0 Å². The van der Waals surface area contributed by atoms with Crippen LogP contribution in [0, 0.1) is 0 Å². The van der Waals surface area contributed by atoms with Gasteiger partial charge in [0.1, 0.15) is 0 Å². The quantitative estimate of drug-likeness (QED) is 0.357. The van der Waals surface area contributed by atoms with Crippen molar-refractivity contribution in [3.8, 4) is 0 Å². The van der Waals surface area contributed by atoms with E-state index < -0.39 is 9.84 Å². The molecule has 0 aromatic heterocycles. The Bertz CT molecular complexity index is 350. The molecule has 0 saturated carbocycles. The lowest BCUT2D eigenvalue weighted by Crippen LogP contribution is -2.25. The Balaban J connectivity index is 3.17. The molecule has 0 amide bonds. The molecule has 7 nitrogen and oxygen atoms in total. The van der Waals surface area contributed by atoms with Gasteiger partial charge in [-0.2, -0.15) is 0 Å². The van der Waals surface area contributed by atoms with E-state index in [1.807, 2.05) is 7.05 Å². The van der Waals surface area contributed by atoms with E-state index in [-0.39, 0.29) is 11.0 Å². The second kappa shape index (κ2) is 15.3. The van der Waals surface area contributed by atoms with E-state index in [1.54, 1.807) is 13.8 Å². The average molecular weight is 355 g/mol. The topological polar surface area (TPSA) is 85.9 Å². The smallest absolute Gasteiger partial charge is 0.152 e. The molecule has 140 valence electrons. The summed E-state index contributed by atoms with van der Waals surface area (Å²) in [5, 5.41) is 5.88. The summed E-state index contributed by atoms with van der Waals surface area (Å²) in [5.74, 6) is 0.239. The molecule has 0 heterocycles. The number of ether oxygens (including phenoxy) is 3. The van der Waals surface area contributed by atoms with Crippen molar-refractivity contribution in [2.24, 2.45) is 0 Å². The van der Waals surface area contributed by atoms with Crippen LogP contribution in [0.5, 0.6) is 0 Å². The van der Waals surface area contributed by atoms with Crippen molar-refractivity contribution in [3.05, 3.63) is 0 Å². The van der Waals surface area contributed by atoms with Gasteiger partial charge in [-0.1, -0.05) is 0 Å². The fraction of sp³-hybridized carbons (Fsp3) is 1.00. The number of rotatable bonds is 17. The number of sulfone groups is 1. The molecule has 0 rings (SSSR count). The van der Waals surface area contributed by atoms with E-state index in [1.165, 1.54) is 0 Å². The van der Waals surface area contributed by atoms with Crippen molar-refractivity contribution in [2.75, 3.05) is 72.1 Å². The summed E-state index contributed by atoms with van der Waals surface area (Å²) in [6.45, 7) is 9.27. The molecular weight excluding hydrogens is 320 g/mol. The Morgan fingerprint density at radius 3 is 1.87 bits per heavy atom. The first-order valence-electron chi connectivity index (χ1n) is 8.31. The molecule has 0 aromatic carbocycles. The first-order valence-corrected chi connectivity index (χ1v) is 10.0. The molecule has 0 spiro atoms. The fourth-order valence-corrected chi connectivity index (χ4v) is 2.64. The van der Waals surface area contributed by atoms with Gasteiger partial charge in [-0.3, -0.25) is 0 Å². The molecule has 0 aliphatic rings. The minimum atomic E-state index is -2.92. The number of hydrogen-bond donors (Lipinski definition) is 2. The van der Waals surface area contributed by atoms with Gasteiger partial charge in [-0.15, -0.1) is 0 Å². The van der Waals surface area contributed by atoms with Gasteiger partial charge in [0.25, 0.3) is 0 Å². The highest BCUT2D eigenvalue weighted by Crippen LogP contribution is 2.01. The van der Waals surface area contributed by atoms with Gasteiger partial charge in [0, 0.05) is 13.1 Å². The Labute approximate surface area is 141 Å². The Morgan fingerprint density at radius 1 is 0.826 bits per heavy atom. The predicted molar refractivity (Wildman–Crippen MR) is 92.8 cm³/mol. The summed E-state index contributed by atoms with van der Waals surface area (Å²) in [6.07, 6.45) is 0.636. The van der Waals surface area contributed by atoms with Gasteiger partial charge in [0.05, 0.1) is 50.6 Å². The third kappa shape index (κ3) is 15.0. The number of likely N-dealkylation sites (N-methyl/N-ethyl adjacent to an activating group) is 1. The molecule has 0 radical (unpaired) electrons. The molecule has 23 heavy (non-hydrogen) atoms. The van der Waals surface area contributed by atoms with Crippen LogP contribution >= 0.6 is 0 Å². The molecule has 0 atom stereocenters. The van der Waals surface area contributed by atoms with E-state index in [9.17, 15) is 8.42 Å². The number of hydrogen-bond acceptors (Lipinski definition) is 7. The second-order valence-electron chi connectivity index (χ2n) is 5.46. The van der Waals surface area contributed by atoms with Crippen molar-refractivity contribution in [2.45, 2.75) is 25.5 Å². The maximum absolute atomic E-state index is 11.6. The van der Waals surface area contributed by atoms with Crippen LogP contribution in [-0.4, -0.2) is 85.7 Å². The van der Waals surface area contributed by atoms with Crippen LogP contribution in [0.2, 0.25) is 0 Å². The lowest BCUT2D eigenvalue weighted by atomic mass is 10.5. The van der Waals surface area contributed by atoms with Crippen LogP contribution in [0.3, 0.4) is 0 Å². The van der Waals surface area contributed by atoms with Gasteiger partial charge >= 0.3 is 0 Å². The molecule has 0 aliphatic heterocycles. The standard InChI is InChI=1S/C15H34N2O5S/c1-15(2)23(18,19)14-4-5-17-7-9-21-11-13-22-12-10-20-8-6-16-3/h15-17H,4-14H2,1-3H3. The van der Waals surface area contributed by atoms with Gasteiger partial charge in [-0.05, 0) is 33.9 Å². The largest absolute Gasteiger partial charge is 0.378 e. The first-order chi connectivity index (χ1) is 11.0. The van der Waals surface area contributed by atoms with Crippen molar-refractivity contribution in [1.29, 1.82) is 0 Å².